The summed E-state index contributed by atoms with van der Waals surface area (Å²) < 4.78 is 0. The maximum absolute atomic E-state index is 5.42. The van der Waals surface area contributed by atoms with Crippen molar-refractivity contribution in [1.82, 2.24) is 0 Å². The highest BCUT2D eigenvalue weighted by molar-refractivity contribution is 5.91. The van der Waals surface area contributed by atoms with Crippen LogP contribution in [0.3, 0.4) is 0 Å². The predicted molar refractivity (Wildman–Crippen MR) is 110 cm³/mol. The van der Waals surface area contributed by atoms with Crippen LogP contribution < -0.4 is 0 Å². The molecular formula is C23H38N2O2. The summed E-state index contributed by atoms with van der Waals surface area (Å²) in [4.78, 5) is 10.6. The minimum absolute atomic E-state index is 0.239. The molecule has 0 saturated heterocycles. The van der Waals surface area contributed by atoms with Crippen LogP contribution in [0.2, 0.25) is 0 Å². The molecule has 4 nitrogen and oxygen atoms in total. The van der Waals surface area contributed by atoms with Crippen LogP contribution in [0.1, 0.15) is 78.6 Å². The molecule has 3 unspecified atom stereocenters. The van der Waals surface area contributed by atoms with Crippen molar-refractivity contribution in [3.05, 3.63) is 0 Å². The SMILES string of the molecule is CON=C1C[C@@]2(C)C(CC[C@@H]2C(C)=NOC)C2CC[C@H]3CCCC[C@]3(C)C12. The lowest BCUT2D eigenvalue weighted by Crippen LogP contribution is -2.57. The van der Waals surface area contributed by atoms with Crippen molar-refractivity contribution in [2.24, 2.45) is 50.7 Å². The third-order valence-electron chi connectivity index (χ3n) is 9.23. The molecule has 4 rings (SSSR count). The van der Waals surface area contributed by atoms with E-state index in [0.29, 0.717) is 17.3 Å². The van der Waals surface area contributed by atoms with Gasteiger partial charge in [0.05, 0.1) is 11.4 Å². The molecule has 4 aliphatic carbocycles. The highest BCUT2D eigenvalue weighted by Gasteiger charge is 2.62. The van der Waals surface area contributed by atoms with Crippen LogP contribution >= 0.6 is 0 Å². The van der Waals surface area contributed by atoms with Gasteiger partial charge in [0, 0.05) is 11.8 Å². The molecule has 0 amide bonds. The molecule has 0 spiro atoms. The predicted octanol–water partition coefficient (Wildman–Crippen LogP) is 5.67. The maximum Gasteiger partial charge on any atom is 0.106 e. The summed E-state index contributed by atoms with van der Waals surface area (Å²) in [7, 11) is 3.39. The number of hydrogen-bond donors (Lipinski definition) is 0. The summed E-state index contributed by atoms with van der Waals surface area (Å²) in [6.07, 6.45) is 12.0. The van der Waals surface area contributed by atoms with Gasteiger partial charge in [0.25, 0.3) is 0 Å². The smallest absolute Gasteiger partial charge is 0.106 e. The molecule has 7 atom stereocenters. The largest absolute Gasteiger partial charge is 0.399 e. The Morgan fingerprint density at radius 3 is 2.52 bits per heavy atom. The first-order valence-electron chi connectivity index (χ1n) is 11.1. The molecule has 4 saturated carbocycles. The zero-order valence-corrected chi connectivity index (χ0v) is 18.0. The molecule has 0 N–H and O–H groups in total. The molecule has 0 bridgehead atoms. The van der Waals surface area contributed by atoms with Gasteiger partial charge in [-0.3, -0.25) is 0 Å². The normalized spacial score (nSPS) is 48.6. The fraction of sp³-hybridized carbons (Fsp3) is 0.913. The fourth-order valence-corrected chi connectivity index (χ4v) is 8.25. The van der Waals surface area contributed by atoms with E-state index in [4.69, 9.17) is 14.8 Å². The van der Waals surface area contributed by atoms with Gasteiger partial charge in [-0.15, -0.1) is 0 Å². The van der Waals surface area contributed by atoms with Crippen LogP contribution in [-0.2, 0) is 9.68 Å². The van der Waals surface area contributed by atoms with E-state index in [2.05, 4.69) is 25.9 Å². The minimum atomic E-state index is 0.239. The van der Waals surface area contributed by atoms with Gasteiger partial charge in [-0.05, 0) is 80.5 Å². The first-order valence-corrected chi connectivity index (χ1v) is 11.1. The van der Waals surface area contributed by atoms with Crippen LogP contribution in [0.5, 0.6) is 0 Å². The molecule has 152 valence electrons. The van der Waals surface area contributed by atoms with Crippen LogP contribution in [0.4, 0.5) is 0 Å². The second-order valence-electron chi connectivity index (χ2n) is 10.3. The van der Waals surface area contributed by atoms with Crippen molar-refractivity contribution >= 4 is 11.4 Å². The first kappa shape index (κ1) is 19.3. The van der Waals surface area contributed by atoms with Gasteiger partial charge in [-0.2, -0.15) is 0 Å². The highest BCUT2D eigenvalue weighted by atomic mass is 16.6. The number of oxime groups is 2. The van der Waals surface area contributed by atoms with E-state index < -0.39 is 0 Å². The Balaban J connectivity index is 1.73. The van der Waals surface area contributed by atoms with E-state index in [0.717, 1.165) is 29.9 Å². The van der Waals surface area contributed by atoms with Crippen LogP contribution in [-0.4, -0.2) is 25.6 Å². The van der Waals surface area contributed by atoms with Crippen LogP contribution in [0, 0.1) is 40.4 Å². The van der Waals surface area contributed by atoms with E-state index >= 15 is 0 Å². The number of rotatable bonds is 3. The molecule has 0 aromatic heterocycles. The molecule has 4 heteroatoms. The molecule has 0 radical (unpaired) electrons. The lowest BCUT2D eigenvalue weighted by molar-refractivity contribution is -0.0564. The van der Waals surface area contributed by atoms with Gasteiger partial charge >= 0.3 is 0 Å². The van der Waals surface area contributed by atoms with E-state index in [1.54, 1.807) is 14.2 Å². The quantitative estimate of drug-likeness (QED) is 0.472. The van der Waals surface area contributed by atoms with E-state index in [9.17, 15) is 0 Å². The standard InChI is InChI=1S/C23H38N2O2/c1-15(24-26-4)18-11-12-19-17-10-9-16-8-6-7-13-22(16,2)21(17)20(25-27-5)14-23(18,19)3/h16-19,21H,6-14H2,1-5H3/t16-,17?,18-,19?,21?,22+,23-/m1/s1. The molecule has 4 aliphatic rings. The van der Waals surface area contributed by atoms with Crippen LogP contribution in [0.25, 0.3) is 0 Å². The monoisotopic (exact) mass is 374 g/mol. The van der Waals surface area contributed by atoms with E-state index in [-0.39, 0.29) is 5.41 Å². The van der Waals surface area contributed by atoms with Gasteiger partial charge in [0.15, 0.2) is 0 Å². The molecule has 27 heavy (non-hydrogen) atoms. The number of hydrogen-bond acceptors (Lipinski definition) is 4. The number of fused-ring (bicyclic) bond motifs is 5. The van der Waals surface area contributed by atoms with E-state index in [1.165, 1.54) is 57.1 Å². The summed E-state index contributed by atoms with van der Waals surface area (Å²) in [6, 6.07) is 0. The average molecular weight is 375 g/mol. The Labute approximate surface area is 165 Å². The molecule has 0 aromatic carbocycles. The summed E-state index contributed by atoms with van der Waals surface area (Å²) in [5.74, 6) is 3.55. The first-order chi connectivity index (χ1) is 13.0. The Morgan fingerprint density at radius 2 is 1.78 bits per heavy atom. The maximum atomic E-state index is 5.42. The Hall–Kier alpha value is -1.06. The minimum Gasteiger partial charge on any atom is -0.399 e. The van der Waals surface area contributed by atoms with Crippen molar-refractivity contribution in [3.63, 3.8) is 0 Å². The number of nitrogens with zero attached hydrogens (tertiary/aromatic N) is 2. The van der Waals surface area contributed by atoms with Crippen molar-refractivity contribution in [2.75, 3.05) is 14.2 Å². The second kappa shape index (κ2) is 7.08. The molecule has 0 heterocycles. The summed E-state index contributed by atoms with van der Waals surface area (Å²) in [5.41, 5.74) is 3.18. The average Bonchev–Trinajstić information content (AvgIpc) is 2.98. The van der Waals surface area contributed by atoms with Crippen molar-refractivity contribution in [2.45, 2.75) is 78.6 Å². The zero-order chi connectivity index (χ0) is 19.2. The van der Waals surface area contributed by atoms with Gasteiger partial charge in [-0.1, -0.05) is 37.0 Å². The third kappa shape index (κ3) is 2.84. The zero-order valence-electron chi connectivity index (χ0n) is 18.0. The van der Waals surface area contributed by atoms with Gasteiger partial charge in [-0.25, -0.2) is 0 Å². The lowest BCUT2D eigenvalue weighted by atomic mass is 9.44. The Kier molecular flexibility index (Phi) is 5.05. The summed E-state index contributed by atoms with van der Waals surface area (Å²) in [5, 5.41) is 9.04. The second-order valence-corrected chi connectivity index (χ2v) is 10.3. The molecule has 0 aromatic rings. The lowest BCUT2D eigenvalue weighted by Gasteiger charge is -2.60. The summed E-state index contributed by atoms with van der Waals surface area (Å²) >= 11 is 0. The van der Waals surface area contributed by atoms with Crippen molar-refractivity contribution in [1.29, 1.82) is 0 Å². The van der Waals surface area contributed by atoms with Crippen molar-refractivity contribution < 1.29 is 9.68 Å². The highest BCUT2D eigenvalue weighted by Crippen LogP contribution is 2.66. The van der Waals surface area contributed by atoms with Crippen molar-refractivity contribution in [3.8, 4) is 0 Å². The molecule has 4 fully saturated rings. The molecular weight excluding hydrogens is 336 g/mol. The topological polar surface area (TPSA) is 43.2 Å². The van der Waals surface area contributed by atoms with Gasteiger partial charge in [0.1, 0.15) is 14.2 Å². The van der Waals surface area contributed by atoms with Crippen LogP contribution in [0.15, 0.2) is 10.3 Å². The Bertz CT molecular complexity index is 630. The Morgan fingerprint density at radius 1 is 0.963 bits per heavy atom. The van der Waals surface area contributed by atoms with Gasteiger partial charge in [0.2, 0.25) is 0 Å². The summed E-state index contributed by atoms with van der Waals surface area (Å²) in [6.45, 7) is 7.24. The molecule has 0 aliphatic heterocycles. The third-order valence-corrected chi connectivity index (χ3v) is 9.23. The van der Waals surface area contributed by atoms with Gasteiger partial charge < -0.3 is 9.68 Å². The van der Waals surface area contributed by atoms with E-state index in [1.807, 2.05) is 0 Å². The fourth-order valence-electron chi connectivity index (χ4n) is 8.25.